The van der Waals surface area contributed by atoms with Gasteiger partial charge in [-0.15, -0.1) is 0 Å². The van der Waals surface area contributed by atoms with Crippen LogP contribution < -0.4 is 9.47 Å². The summed E-state index contributed by atoms with van der Waals surface area (Å²) in [6.45, 7) is 6.63. The molecule has 152 valence electrons. The number of nitrogens with one attached hydrogen (secondary N) is 1. The number of Topliss-reactive ketones (excluding diaryl/α,β-unsaturated/α-hetero) is 1. The number of fused-ring (bicyclic) bond motifs is 2. The van der Waals surface area contributed by atoms with E-state index in [0.717, 1.165) is 46.3 Å². The molecule has 3 aromatic rings. The van der Waals surface area contributed by atoms with Crippen LogP contribution in [-0.4, -0.2) is 17.6 Å². The zero-order chi connectivity index (χ0) is 21.1. The quantitative estimate of drug-likeness (QED) is 0.675. The van der Waals surface area contributed by atoms with E-state index in [-0.39, 0.29) is 18.0 Å². The molecule has 2 heterocycles. The number of ether oxygens (including phenoxy) is 2. The molecule has 5 rings (SSSR count). The van der Waals surface area contributed by atoms with Crippen LogP contribution in [0, 0.1) is 11.3 Å². The number of H-pyrrole nitrogens is 1. The number of aromatic amines is 1. The molecule has 0 saturated heterocycles. The molecule has 1 aromatic heterocycles. The van der Waals surface area contributed by atoms with Gasteiger partial charge in [-0.2, -0.15) is 5.26 Å². The summed E-state index contributed by atoms with van der Waals surface area (Å²) in [5, 5.41) is 10.6. The van der Waals surface area contributed by atoms with Gasteiger partial charge in [0.15, 0.2) is 11.5 Å². The van der Waals surface area contributed by atoms with E-state index in [1.54, 1.807) is 0 Å². The molecule has 5 nitrogen and oxygen atoms in total. The minimum atomic E-state index is -0.447. The maximum absolute atomic E-state index is 13.3. The summed E-state index contributed by atoms with van der Waals surface area (Å²) in [5.41, 5.74) is 3.90. The van der Waals surface area contributed by atoms with Crippen molar-refractivity contribution in [3.63, 3.8) is 0 Å². The highest BCUT2D eigenvalue weighted by molar-refractivity contribution is 5.96. The first-order valence-corrected chi connectivity index (χ1v) is 10.3. The van der Waals surface area contributed by atoms with Crippen molar-refractivity contribution in [1.29, 1.82) is 5.26 Å². The molecular formula is C25H24N2O3. The van der Waals surface area contributed by atoms with Crippen LogP contribution in [0.25, 0.3) is 10.9 Å². The second kappa shape index (κ2) is 6.37. The fourth-order valence-electron chi connectivity index (χ4n) is 4.30. The van der Waals surface area contributed by atoms with Gasteiger partial charge >= 0.3 is 0 Å². The maximum Gasteiger partial charge on any atom is 0.231 e. The zero-order valence-corrected chi connectivity index (χ0v) is 17.5. The molecule has 5 heteroatoms. The monoisotopic (exact) mass is 400 g/mol. The van der Waals surface area contributed by atoms with Crippen LogP contribution in [0.1, 0.15) is 56.0 Å². The van der Waals surface area contributed by atoms with Crippen LogP contribution in [0.3, 0.4) is 0 Å². The van der Waals surface area contributed by atoms with Gasteiger partial charge in [0.1, 0.15) is 11.9 Å². The molecule has 0 atom stereocenters. The van der Waals surface area contributed by atoms with Crippen molar-refractivity contribution in [3.8, 4) is 17.6 Å². The predicted octanol–water partition coefficient (Wildman–Crippen LogP) is 4.91. The summed E-state index contributed by atoms with van der Waals surface area (Å²) < 4.78 is 10.9. The summed E-state index contributed by atoms with van der Waals surface area (Å²) in [4.78, 5) is 16.7. The number of hydrogen-bond acceptors (Lipinski definition) is 4. The second-order valence-electron chi connectivity index (χ2n) is 9.40. The average Bonchev–Trinajstić information content (AvgIpc) is 3.18. The van der Waals surface area contributed by atoms with Crippen LogP contribution in [0.5, 0.6) is 11.5 Å². The molecule has 2 aliphatic rings. The minimum absolute atomic E-state index is 0.0425. The molecule has 0 amide bonds. The Morgan fingerprint density at radius 2 is 1.90 bits per heavy atom. The standard InChI is InChI=1S/C25H24N2O3/c1-24(2,3)21-11-16-8-15(9-17(13-26)23(16)27-21)10-22(28)25(6-7-25)18-4-5-19-20(12-18)30-14-29-19/h4-5,8-9,11-12,27H,6-7,10,14H2,1-3H3. The topological polar surface area (TPSA) is 75.1 Å². The number of nitriles is 1. The first-order chi connectivity index (χ1) is 14.3. The van der Waals surface area contributed by atoms with E-state index in [2.05, 4.69) is 37.9 Å². The molecule has 1 N–H and O–H groups in total. The van der Waals surface area contributed by atoms with Gasteiger partial charge in [0, 0.05) is 22.9 Å². The third kappa shape index (κ3) is 2.95. The number of hydrogen-bond donors (Lipinski definition) is 1. The van der Waals surface area contributed by atoms with Gasteiger partial charge < -0.3 is 14.5 Å². The van der Waals surface area contributed by atoms with Crippen LogP contribution >= 0.6 is 0 Å². The molecule has 0 bridgehead atoms. The zero-order valence-electron chi connectivity index (χ0n) is 17.5. The number of benzene rings is 2. The maximum atomic E-state index is 13.3. The van der Waals surface area contributed by atoms with Crippen molar-refractivity contribution in [2.45, 2.75) is 50.9 Å². The SMILES string of the molecule is CC(C)(C)c1cc2cc(CC(=O)C3(c4ccc5c(c4)OCO5)CC3)cc(C#N)c2[nH]1. The average molecular weight is 400 g/mol. The Morgan fingerprint density at radius 3 is 2.60 bits per heavy atom. The predicted molar refractivity (Wildman–Crippen MR) is 114 cm³/mol. The molecule has 1 fully saturated rings. The fourth-order valence-corrected chi connectivity index (χ4v) is 4.30. The third-order valence-electron chi connectivity index (χ3n) is 6.29. The van der Waals surface area contributed by atoms with Crippen LogP contribution in [0.4, 0.5) is 0 Å². The Balaban J connectivity index is 1.46. The summed E-state index contributed by atoms with van der Waals surface area (Å²) in [5.74, 6) is 1.63. The van der Waals surface area contributed by atoms with Crippen LogP contribution in [0.15, 0.2) is 36.4 Å². The third-order valence-corrected chi connectivity index (χ3v) is 6.29. The van der Waals surface area contributed by atoms with Gasteiger partial charge in [0.2, 0.25) is 6.79 Å². The largest absolute Gasteiger partial charge is 0.454 e. The first-order valence-electron chi connectivity index (χ1n) is 10.3. The van der Waals surface area contributed by atoms with Gasteiger partial charge in [-0.25, -0.2) is 0 Å². The van der Waals surface area contributed by atoms with E-state index >= 15 is 0 Å². The lowest BCUT2D eigenvalue weighted by molar-refractivity contribution is -0.120. The number of aromatic nitrogens is 1. The van der Waals surface area contributed by atoms with E-state index in [1.165, 1.54) is 0 Å². The molecule has 30 heavy (non-hydrogen) atoms. The smallest absolute Gasteiger partial charge is 0.231 e. The molecule has 1 saturated carbocycles. The summed E-state index contributed by atoms with van der Waals surface area (Å²) in [6, 6.07) is 14.1. The van der Waals surface area contributed by atoms with Gasteiger partial charge in [0.25, 0.3) is 0 Å². The molecule has 2 aromatic carbocycles. The Morgan fingerprint density at radius 1 is 1.13 bits per heavy atom. The number of carbonyl (C=O) groups is 1. The summed E-state index contributed by atoms with van der Waals surface area (Å²) >= 11 is 0. The Bertz CT molecular complexity index is 1220. The van der Waals surface area contributed by atoms with E-state index in [9.17, 15) is 10.1 Å². The second-order valence-corrected chi connectivity index (χ2v) is 9.40. The van der Waals surface area contributed by atoms with Crippen molar-refractivity contribution >= 4 is 16.7 Å². The van der Waals surface area contributed by atoms with Crippen molar-refractivity contribution in [1.82, 2.24) is 4.98 Å². The molecule has 1 aliphatic carbocycles. The van der Waals surface area contributed by atoms with Crippen LogP contribution in [0.2, 0.25) is 0 Å². The molecule has 1 aliphatic heterocycles. The van der Waals surface area contributed by atoms with E-state index in [4.69, 9.17) is 9.47 Å². The van der Waals surface area contributed by atoms with Gasteiger partial charge in [-0.1, -0.05) is 26.8 Å². The summed E-state index contributed by atoms with van der Waals surface area (Å²) in [7, 11) is 0. The van der Waals surface area contributed by atoms with Crippen molar-refractivity contribution in [3.05, 3.63) is 58.8 Å². The molecule has 0 spiro atoms. The normalized spacial score (nSPS) is 16.5. The lowest BCUT2D eigenvalue weighted by atomic mass is 9.87. The Kier molecular flexibility index (Phi) is 3.98. The molecular weight excluding hydrogens is 376 g/mol. The molecule has 0 radical (unpaired) electrons. The van der Waals surface area contributed by atoms with E-state index in [1.807, 2.05) is 30.3 Å². The lowest BCUT2D eigenvalue weighted by Crippen LogP contribution is -2.22. The number of rotatable bonds is 4. The van der Waals surface area contributed by atoms with E-state index < -0.39 is 5.41 Å². The highest BCUT2D eigenvalue weighted by atomic mass is 16.7. The number of carbonyl (C=O) groups excluding carboxylic acids is 1. The fraction of sp³-hybridized carbons (Fsp3) is 0.360. The van der Waals surface area contributed by atoms with E-state index in [0.29, 0.717) is 17.7 Å². The Hall–Kier alpha value is -3.26. The minimum Gasteiger partial charge on any atom is -0.454 e. The van der Waals surface area contributed by atoms with Crippen molar-refractivity contribution in [2.24, 2.45) is 0 Å². The molecule has 0 unspecified atom stereocenters. The van der Waals surface area contributed by atoms with Crippen molar-refractivity contribution in [2.75, 3.05) is 6.79 Å². The number of ketones is 1. The number of nitrogens with zero attached hydrogens (tertiary/aromatic N) is 1. The van der Waals surface area contributed by atoms with Crippen LogP contribution in [-0.2, 0) is 22.0 Å². The van der Waals surface area contributed by atoms with Gasteiger partial charge in [0.05, 0.1) is 16.5 Å². The lowest BCUT2D eigenvalue weighted by Gasteiger charge is -2.15. The highest BCUT2D eigenvalue weighted by Crippen LogP contribution is 2.51. The van der Waals surface area contributed by atoms with Gasteiger partial charge in [-0.05, 0) is 54.3 Å². The first kappa shape index (κ1) is 18.7. The summed E-state index contributed by atoms with van der Waals surface area (Å²) in [6.07, 6.45) is 2.00. The highest BCUT2D eigenvalue weighted by Gasteiger charge is 2.50. The van der Waals surface area contributed by atoms with Crippen molar-refractivity contribution < 1.29 is 14.3 Å². The van der Waals surface area contributed by atoms with Gasteiger partial charge in [-0.3, -0.25) is 4.79 Å². The Labute approximate surface area is 175 Å².